The van der Waals surface area contributed by atoms with E-state index < -0.39 is 5.82 Å². The normalized spacial score (nSPS) is 10.7. The molecule has 0 aliphatic carbocycles. The summed E-state index contributed by atoms with van der Waals surface area (Å²) in [7, 11) is 0. The van der Waals surface area contributed by atoms with Crippen molar-refractivity contribution in [2.45, 2.75) is 12.1 Å². The summed E-state index contributed by atoms with van der Waals surface area (Å²) in [5, 5.41) is 10.5. The molecule has 2 heterocycles. The van der Waals surface area contributed by atoms with E-state index in [0.717, 1.165) is 11.8 Å². The number of rotatable bonds is 5. The van der Waals surface area contributed by atoms with Gasteiger partial charge in [-0.25, -0.2) is 4.39 Å². The molecular formula is C15H12FN3O3S. The lowest BCUT2D eigenvalue weighted by Gasteiger charge is -2.04. The van der Waals surface area contributed by atoms with Crippen LogP contribution in [0, 0.1) is 12.7 Å². The van der Waals surface area contributed by atoms with E-state index in [1.807, 2.05) is 0 Å². The number of hydrogen-bond donors (Lipinski definition) is 1. The monoisotopic (exact) mass is 333 g/mol. The zero-order valence-corrected chi connectivity index (χ0v) is 12.9. The predicted octanol–water partition coefficient (Wildman–Crippen LogP) is 3.51. The standard InChI is InChI=1S/C15H12FN3O3S/c1-9-10(6-7-21-9)14-18-19-15(22-14)23-8-13(20)17-12-5-3-2-4-11(12)16/h2-7H,8H2,1H3,(H,17,20). The second kappa shape index (κ2) is 6.66. The minimum Gasteiger partial charge on any atom is -0.469 e. The number of carbonyl (C=O) groups excluding carboxylic acids is 1. The van der Waals surface area contributed by atoms with Gasteiger partial charge in [0.25, 0.3) is 11.1 Å². The Bertz CT molecular complexity index is 831. The number of furan rings is 1. The number of thioether (sulfide) groups is 1. The molecule has 0 saturated carbocycles. The van der Waals surface area contributed by atoms with Gasteiger partial charge in [-0.05, 0) is 25.1 Å². The van der Waals surface area contributed by atoms with Gasteiger partial charge in [0.15, 0.2) is 0 Å². The smallest absolute Gasteiger partial charge is 0.277 e. The van der Waals surface area contributed by atoms with Crippen molar-refractivity contribution in [1.29, 1.82) is 0 Å². The predicted molar refractivity (Wildman–Crippen MR) is 82.5 cm³/mol. The maximum absolute atomic E-state index is 13.4. The molecule has 3 aromatic rings. The van der Waals surface area contributed by atoms with Crippen molar-refractivity contribution in [3.63, 3.8) is 0 Å². The summed E-state index contributed by atoms with van der Waals surface area (Å²) in [6, 6.07) is 7.69. The highest BCUT2D eigenvalue weighted by atomic mass is 32.2. The third-order valence-corrected chi connectivity index (χ3v) is 3.79. The molecule has 6 nitrogen and oxygen atoms in total. The summed E-state index contributed by atoms with van der Waals surface area (Å²) < 4.78 is 24.1. The first-order valence-corrected chi connectivity index (χ1v) is 7.67. The number of aromatic nitrogens is 2. The van der Waals surface area contributed by atoms with Crippen molar-refractivity contribution in [1.82, 2.24) is 10.2 Å². The van der Waals surface area contributed by atoms with Gasteiger partial charge >= 0.3 is 0 Å². The Labute approximate surface area is 135 Å². The minimum atomic E-state index is -0.485. The number of halogens is 1. The number of amides is 1. The van der Waals surface area contributed by atoms with Crippen LogP contribution < -0.4 is 5.32 Å². The van der Waals surface area contributed by atoms with Crippen LogP contribution in [0.4, 0.5) is 10.1 Å². The van der Waals surface area contributed by atoms with Gasteiger partial charge in [-0.3, -0.25) is 4.79 Å². The van der Waals surface area contributed by atoms with Crippen molar-refractivity contribution >= 4 is 23.4 Å². The molecule has 0 unspecified atom stereocenters. The third kappa shape index (κ3) is 3.59. The van der Waals surface area contributed by atoms with Crippen LogP contribution in [0.5, 0.6) is 0 Å². The van der Waals surface area contributed by atoms with Gasteiger partial charge in [-0.2, -0.15) is 0 Å². The molecule has 0 fully saturated rings. The lowest BCUT2D eigenvalue weighted by Crippen LogP contribution is -2.14. The third-order valence-electron chi connectivity index (χ3n) is 2.97. The molecule has 0 aliphatic heterocycles. The summed E-state index contributed by atoms with van der Waals surface area (Å²) in [6.07, 6.45) is 1.53. The van der Waals surface area contributed by atoms with Gasteiger partial charge < -0.3 is 14.2 Å². The fraction of sp³-hybridized carbons (Fsp3) is 0.133. The highest BCUT2D eigenvalue weighted by Gasteiger charge is 2.14. The summed E-state index contributed by atoms with van der Waals surface area (Å²) in [4.78, 5) is 11.8. The van der Waals surface area contributed by atoms with E-state index in [4.69, 9.17) is 8.83 Å². The molecule has 118 valence electrons. The zero-order valence-electron chi connectivity index (χ0n) is 12.1. The average Bonchev–Trinajstić information content (AvgIpc) is 3.16. The summed E-state index contributed by atoms with van der Waals surface area (Å²) in [6.45, 7) is 1.79. The highest BCUT2D eigenvalue weighted by molar-refractivity contribution is 7.99. The average molecular weight is 333 g/mol. The molecular weight excluding hydrogens is 321 g/mol. The number of nitrogens with zero attached hydrogens (tertiary/aromatic N) is 2. The first-order chi connectivity index (χ1) is 11.1. The molecule has 1 amide bonds. The fourth-order valence-electron chi connectivity index (χ4n) is 1.86. The van der Waals surface area contributed by atoms with Gasteiger partial charge in [0.2, 0.25) is 5.91 Å². The number of aryl methyl sites for hydroxylation is 1. The van der Waals surface area contributed by atoms with Gasteiger partial charge in [0.1, 0.15) is 11.6 Å². The molecule has 1 N–H and O–H groups in total. The Hall–Kier alpha value is -2.61. The van der Waals surface area contributed by atoms with E-state index in [0.29, 0.717) is 17.2 Å². The molecule has 2 aromatic heterocycles. The molecule has 23 heavy (non-hydrogen) atoms. The number of hydrogen-bond acceptors (Lipinski definition) is 6. The number of nitrogens with one attached hydrogen (secondary N) is 1. The number of para-hydroxylation sites is 1. The molecule has 0 radical (unpaired) electrons. The second-order valence-electron chi connectivity index (χ2n) is 4.58. The number of carbonyl (C=O) groups is 1. The van der Waals surface area contributed by atoms with E-state index in [1.54, 1.807) is 25.1 Å². The van der Waals surface area contributed by atoms with Crippen molar-refractivity contribution < 1.29 is 18.0 Å². The van der Waals surface area contributed by atoms with E-state index in [9.17, 15) is 9.18 Å². The van der Waals surface area contributed by atoms with Crippen LogP contribution in [-0.2, 0) is 4.79 Å². The van der Waals surface area contributed by atoms with Gasteiger partial charge in [0.05, 0.1) is 23.3 Å². The molecule has 0 spiro atoms. The van der Waals surface area contributed by atoms with E-state index in [1.165, 1.54) is 18.4 Å². The first kappa shape index (κ1) is 15.3. The highest BCUT2D eigenvalue weighted by Crippen LogP contribution is 2.26. The summed E-state index contributed by atoms with van der Waals surface area (Å²) in [5.74, 6) is 0.178. The molecule has 0 atom stereocenters. The Morgan fingerprint density at radius 1 is 1.30 bits per heavy atom. The van der Waals surface area contributed by atoms with Crippen LogP contribution in [0.25, 0.3) is 11.5 Å². The molecule has 0 bridgehead atoms. The Balaban J connectivity index is 1.59. The van der Waals surface area contributed by atoms with Gasteiger partial charge in [-0.15, -0.1) is 10.2 Å². The van der Waals surface area contributed by atoms with Crippen LogP contribution in [0.15, 0.2) is 50.7 Å². The molecule has 1 aromatic carbocycles. The van der Waals surface area contributed by atoms with Crippen molar-refractivity contribution in [3.05, 3.63) is 48.2 Å². The quantitative estimate of drug-likeness (QED) is 0.720. The van der Waals surface area contributed by atoms with Gasteiger partial charge in [-0.1, -0.05) is 23.9 Å². The fourth-order valence-corrected chi connectivity index (χ4v) is 2.42. The SMILES string of the molecule is Cc1occc1-c1nnc(SCC(=O)Nc2ccccc2F)o1. The van der Waals surface area contributed by atoms with Gasteiger partial charge in [0, 0.05) is 0 Å². The van der Waals surface area contributed by atoms with E-state index in [2.05, 4.69) is 15.5 Å². The van der Waals surface area contributed by atoms with Crippen molar-refractivity contribution in [2.75, 3.05) is 11.1 Å². The van der Waals surface area contributed by atoms with E-state index in [-0.39, 0.29) is 22.6 Å². The van der Waals surface area contributed by atoms with Crippen LogP contribution in [0.2, 0.25) is 0 Å². The minimum absolute atomic E-state index is 0.0281. The largest absolute Gasteiger partial charge is 0.469 e. The van der Waals surface area contributed by atoms with Crippen LogP contribution in [0.3, 0.4) is 0 Å². The lowest BCUT2D eigenvalue weighted by atomic mass is 10.3. The van der Waals surface area contributed by atoms with Crippen LogP contribution in [0.1, 0.15) is 5.76 Å². The number of benzene rings is 1. The van der Waals surface area contributed by atoms with Crippen LogP contribution in [-0.4, -0.2) is 21.9 Å². The Morgan fingerprint density at radius 3 is 2.87 bits per heavy atom. The number of anilines is 1. The van der Waals surface area contributed by atoms with E-state index >= 15 is 0 Å². The van der Waals surface area contributed by atoms with Crippen LogP contribution >= 0.6 is 11.8 Å². The maximum Gasteiger partial charge on any atom is 0.277 e. The van der Waals surface area contributed by atoms with Crippen molar-refractivity contribution in [2.24, 2.45) is 0 Å². The second-order valence-corrected chi connectivity index (χ2v) is 5.51. The molecule has 3 rings (SSSR count). The topological polar surface area (TPSA) is 81.2 Å². The molecule has 0 aliphatic rings. The Kier molecular flexibility index (Phi) is 4.42. The summed E-state index contributed by atoms with van der Waals surface area (Å²) >= 11 is 1.07. The van der Waals surface area contributed by atoms with Crippen molar-refractivity contribution in [3.8, 4) is 11.5 Å². The maximum atomic E-state index is 13.4. The zero-order chi connectivity index (χ0) is 16.2. The molecule has 8 heteroatoms. The Morgan fingerprint density at radius 2 is 2.13 bits per heavy atom. The summed E-state index contributed by atoms with van der Waals surface area (Å²) in [5.41, 5.74) is 0.846. The molecule has 0 saturated heterocycles. The lowest BCUT2D eigenvalue weighted by molar-refractivity contribution is -0.113. The first-order valence-electron chi connectivity index (χ1n) is 6.68.